The zero-order chi connectivity index (χ0) is 18.0. The number of carbonyl (C=O) groups excluding carboxylic acids is 1. The van der Waals surface area contributed by atoms with Crippen molar-refractivity contribution in [2.45, 2.75) is 69.6 Å². The van der Waals surface area contributed by atoms with Gasteiger partial charge in [-0.2, -0.15) is 4.31 Å². The number of sulfonamides is 1. The van der Waals surface area contributed by atoms with Gasteiger partial charge in [-0.1, -0.05) is 25.7 Å². The van der Waals surface area contributed by atoms with E-state index in [2.05, 4.69) is 9.97 Å². The predicted molar refractivity (Wildman–Crippen MR) is 93.8 cm³/mol. The Balaban J connectivity index is 1.90. The smallest absolute Gasteiger partial charge is 0.358 e. The summed E-state index contributed by atoms with van der Waals surface area (Å²) in [6.07, 6.45) is 7.12. The molecule has 2 fully saturated rings. The van der Waals surface area contributed by atoms with Crippen LogP contribution in [0.1, 0.15) is 79.4 Å². The van der Waals surface area contributed by atoms with E-state index in [0.717, 1.165) is 51.4 Å². The molecule has 1 aliphatic carbocycles. The number of nitrogens with zero attached hydrogens (tertiary/aromatic N) is 2. The lowest BCUT2D eigenvalue weighted by Gasteiger charge is -2.37. The summed E-state index contributed by atoms with van der Waals surface area (Å²) in [7, 11) is -2.04. The number of aryl methyl sites for hydroxylation is 1. The first-order valence-corrected chi connectivity index (χ1v) is 10.6. The molecule has 2 heterocycles. The first kappa shape index (κ1) is 18.4. The summed E-state index contributed by atoms with van der Waals surface area (Å²) >= 11 is 0. The molecule has 0 bridgehead atoms. The highest BCUT2D eigenvalue weighted by atomic mass is 32.2. The van der Waals surface area contributed by atoms with Crippen LogP contribution in [0, 0.1) is 6.92 Å². The molecule has 1 saturated heterocycles. The maximum absolute atomic E-state index is 13.2. The van der Waals surface area contributed by atoms with E-state index in [0.29, 0.717) is 18.1 Å². The number of H-pyrrole nitrogens is 1. The summed E-state index contributed by atoms with van der Waals surface area (Å²) in [6.45, 7) is 2.28. The van der Waals surface area contributed by atoms with Crippen molar-refractivity contribution in [3.63, 3.8) is 0 Å². The predicted octanol–water partition coefficient (Wildman–Crippen LogP) is 2.69. The fourth-order valence-electron chi connectivity index (χ4n) is 3.97. The van der Waals surface area contributed by atoms with E-state index in [4.69, 9.17) is 4.74 Å². The van der Waals surface area contributed by atoms with Crippen molar-refractivity contribution < 1.29 is 17.9 Å². The van der Waals surface area contributed by atoms with Gasteiger partial charge in [0.1, 0.15) is 5.82 Å². The second-order valence-corrected chi connectivity index (χ2v) is 9.18. The maximum atomic E-state index is 13.2. The number of nitrogens with one attached hydrogen (secondary N) is 1. The number of imidazole rings is 1. The lowest BCUT2D eigenvalue weighted by atomic mass is 10.0. The van der Waals surface area contributed by atoms with Gasteiger partial charge in [-0.15, -0.1) is 0 Å². The highest BCUT2D eigenvalue weighted by Gasteiger charge is 2.40. The quantitative estimate of drug-likeness (QED) is 0.824. The van der Waals surface area contributed by atoms with Crippen LogP contribution in [0.15, 0.2) is 0 Å². The van der Waals surface area contributed by atoms with Gasteiger partial charge in [-0.05, 0) is 32.6 Å². The lowest BCUT2D eigenvalue weighted by molar-refractivity contribution is 0.0593. The Labute approximate surface area is 149 Å². The normalized spacial score (nSPS) is 23.5. The van der Waals surface area contributed by atoms with Gasteiger partial charge in [0.05, 0.1) is 18.4 Å². The monoisotopic (exact) mass is 369 g/mol. The molecule has 0 unspecified atom stereocenters. The Morgan fingerprint density at radius 2 is 1.84 bits per heavy atom. The fraction of sp³-hybridized carbons (Fsp3) is 0.765. The summed E-state index contributed by atoms with van der Waals surface area (Å²) in [5, 5.41) is -0.280. The summed E-state index contributed by atoms with van der Waals surface area (Å²) in [5.41, 5.74) is 0.848. The number of rotatable bonds is 4. The van der Waals surface area contributed by atoms with Crippen LogP contribution in [0.5, 0.6) is 0 Å². The van der Waals surface area contributed by atoms with E-state index in [1.165, 1.54) is 7.11 Å². The van der Waals surface area contributed by atoms with Gasteiger partial charge in [0.2, 0.25) is 10.0 Å². The third kappa shape index (κ3) is 3.60. The Morgan fingerprint density at radius 3 is 2.52 bits per heavy atom. The average Bonchev–Trinajstić information content (AvgIpc) is 3.03. The molecule has 1 aromatic heterocycles. The van der Waals surface area contributed by atoms with Gasteiger partial charge in [-0.25, -0.2) is 18.2 Å². The molecular formula is C17H27N3O4S. The Hall–Kier alpha value is -1.41. The van der Waals surface area contributed by atoms with E-state index in [1.807, 2.05) is 0 Å². The number of piperidine rings is 1. The molecule has 8 heteroatoms. The summed E-state index contributed by atoms with van der Waals surface area (Å²) < 4.78 is 32.8. The molecule has 3 rings (SSSR count). The average molecular weight is 369 g/mol. The second kappa shape index (κ2) is 7.45. The van der Waals surface area contributed by atoms with E-state index in [9.17, 15) is 13.2 Å². The lowest BCUT2D eigenvalue weighted by Crippen LogP contribution is -2.44. The highest BCUT2D eigenvalue weighted by molar-refractivity contribution is 7.89. The molecule has 1 saturated carbocycles. The summed E-state index contributed by atoms with van der Waals surface area (Å²) in [4.78, 5) is 19.3. The summed E-state index contributed by atoms with van der Waals surface area (Å²) in [6, 6.07) is -0.321. The number of esters is 1. The van der Waals surface area contributed by atoms with Crippen LogP contribution in [0.25, 0.3) is 0 Å². The van der Waals surface area contributed by atoms with Crippen LogP contribution in [0.4, 0.5) is 0 Å². The Kier molecular flexibility index (Phi) is 5.48. The van der Waals surface area contributed by atoms with Crippen molar-refractivity contribution >= 4 is 16.0 Å². The number of aromatic amines is 1. The van der Waals surface area contributed by atoms with E-state index in [1.54, 1.807) is 11.2 Å². The number of methoxy groups -OCH3 is 1. The summed E-state index contributed by atoms with van der Waals surface area (Å²) in [5.74, 6) is 0.0504. The minimum Gasteiger partial charge on any atom is -0.464 e. The van der Waals surface area contributed by atoms with Gasteiger partial charge in [0, 0.05) is 12.2 Å². The molecule has 1 aromatic rings. The van der Waals surface area contributed by atoms with E-state index in [-0.39, 0.29) is 17.0 Å². The highest BCUT2D eigenvalue weighted by Crippen LogP contribution is 2.36. The number of aromatic nitrogens is 2. The first-order chi connectivity index (χ1) is 11.9. The number of ether oxygens (including phenoxy) is 1. The molecule has 7 nitrogen and oxygen atoms in total. The zero-order valence-electron chi connectivity index (χ0n) is 15.0. The van der Waals surface area contributed by atoms with Crippen molar-refractivity contribution in [1.29, 1.82) is 0 Å². The molecule has 1 aliphatic heterocycles. The number of hydrogen-bond acceptors (Lipinski definition) is 5. The molecule has 1 N–H and O–H groups in total. The standard InChI is InChI=1S/C17H27N3O4S/c1-12-15(17(21)24-2)19-16(18-12)14-10-6-7-11-20(14)25(22,23)13-8-4-3-5-9-13/h13-14H,3-11H2,1-2H3,(H,18,19)/t14-/m0/s1. The third-order valence-electron chi connectivity index (χ3n) is 5.35. The van der Waals surface area contributed by atoms with Crippen LogP contribution in [0.3, 0.4) is 0 Å². The van der Waals surface area contributed by atoms with E-state index >= 15 is 0 Å². The van der Waals surface area contributed by atoms with Crippen LogP contribution in [-0.4, -0.2) is 47.6 Å². The number of carbonyl (C=O) groups is 1. The van der Waals surface area contributed by atoms with Crippen molar-refractivity contribution in [3.8, 4) is 0 Å². The minimum atomic E-state index is -3.35. The van der Waals surface area contributed by atoms with Gasteiger partial charge < -0.3 is 9.72 Å². The molecule has 25 heavy (non-hydrogen) atoms. The van der Waals surface area contributed by atoms with Gasteiger partial charge in [-0.3, -0.25) is 0 Å². The maximum Gasteiger partial charge on any atom is 0.358 e. The van der Waals surface area contributed by atoms with Crippen molar-refractivity contribution in [3.05, 3.63) is 17.2 Å². The molecule has 1 atom stereocenters. The third-order valence-corrected chi connectivity index (χ3v) is 7.76. The SMILES string of the molecule is COC(=O)c1nc([C@@H]2CCCCN2S(=O)(=O)C2CCCCC2)[nH]c1C. The molecule has 2 aliphatic rings. The van der Waals surface area contributed by atoms with Crippen LogP contribution >= 0.6 is 0 Å². The van der Waals surface area contributed by atoms with Gasteiger partial charge >= 0.3 is 5.97 Å². The number of hydrogen-bond donors (Lipinski definition) is 1. The Bertz CT molecular complexity index is 722. The molecule has 0 radical (unpaired) electrons. The van der Waals surface area contributed by atoms with Gasteiger partial charge in [0.25, 0.3) is 0 Å². The Morgan fingerprint density at radius 1 is 1.16 bits per heavy atom. The largest absolute Gasteiger partial charge is 0.464 e. The van der Waals surface area contributed by atoms with Crippen LogP contribution in [0.2, 0.25) is 0 Å². The fourth-order valence-corrected chi connectivity index (χ4v) is 6.23. The van der Waals surface area contributed by atoms with Crippen molar-refractivity contribution in [2.75, 3.05) is 13.7 Å². The molecular weight excluding hydrogens is 342 g/mol. The van der Waals surface area contributed by atoms with Crippen LogP contribution in [-0.2, 0) is 14.8 Å². The molecule has 0 spiro atoms. The van der Waals surface area contributed by atoms with Crippen molar-refractivity contribution in [1.82, 2.24) is 14.3 Å². The molecule has 0 amide bonds. The first-order valence-electron chi connectivity index (χ1n) is 9.10. The van der Waals surface area contributed by atoms with Crippen LogP contribution < -0.4 is 0 Å². The van der Waals surface area contributed by atoms with E-state index < -0.39 is 16.0 Å². The van der Waals surface area contributed by atoms with Crippen molar-refractivity contribution in [2.24, 2.45) is 0 Å². The molecule has 140 valence electrons. The topological polar surface area (TPSA) is 92.4 Å². The minimum absolute atomic E-state index is 0.234. The molecule has 0 aromatic carbocycles. The van der Waals surface area contributed by atoms with Gasteiger partial charge in [0.15, 0.2) is 5.69 Å². The zero-order valence-corrected chi connectivity index (χ0v) is 15.8. The second-order valence-electron chi connectivity index (χ2n) is 7.01.